The summed E-state index contributed by atoms with van der Waals surface area (Å²) in [4.78, 5) is 7.42. The number of hydrogen-bond acceptors (Lipinski definition) is 3. The summed E-state index contributed by atoms with van der Waals surface area (Å²) in [7, 11) is 0. The molecule has 1 aliphatic rings. The summed E-state index contributed by atoms with van der Waals surface area (Å²) in [5, 5.41) is 6.14. The molecule has 0 radical (unpaired) electrons. The van der Waals surface area contributed by atoms with Crippen molar-refractivity contribution in [1.29, 1.82) is 0 Å². The van der Waals surface area contributed by atoms with E-state index in [-0.39, 0.29) is 5.41 Å². The van der Waals surface area contributed by atoms with Crippen molar-refractivity contribution < 1.29 is 0 Å². The van der Waals surface area contributed by atoms with Gasteiger partial charge in [0.15, 0.2) is 0 Å². The Hall–Kier alpha value is -5.25. The van der Waals surface area contributed by atoms with E-state index in [2.05, 4.69) is 164 Å². The van der Waals surface area contributed by atoms with Crippen LogP contribution < -0.4 is 4.90 Å². The van der Waals surface area contributed by atoms with E-state index >= 15 is 0 Å². The van der Waals surface area contributed by atoms with Crippen molar-refractivity contribution >= 4 is 60.2 Å². The molecule has 0 bridgehead atoms. The first kappa shape index (κ1) is 26.2. The van der Waals surface area contributed by atoms with Crippen LogP contribution in [-0.4, -0.2) is 4.98 Å². The number of anilines is 3. The number of thiazole rings is 1. The van der Waals surface area contributed by atoms with E-state index in [0.717, 1.165) is 27.6 Å². The minimum absolute atomic E-state index is 0.113. The second kappa shape index (κ2) is 9.88. The SMILES string of the molecule is CC1(C)c2cc3ccc4ccc(N(c5ccccc5)c5ccccc5)cc4c3cc2-c2cc3sc(-c4ccccc4)nc3cc21. The molecule has 0 saturated carbocycles. The topological polar surface area (TPSA) is 16.1 Å². The van der Waals surface area contributed by atoms with Crippen molar-refractivity contribution in [3.8, 4) is 21.7 Å². The van der Waals surface area contributed by atoms with Crippen molar-refractivity contribution in [3.05, 3.63) is 157 Å². The predicted octanol–water partition coefficient (Wildman–Crippen LogP) is 12.0. The van der Waals surface area contributed by atoms with Gasteiger partial charge in [0.25, 0.3) is 0 Å². The Morgan fingerprint density at radius 3 is 1.82 bits per heavy atom. The molecule has 1 aliphatic carbocycles. The number of nitrogens with zero attached hydrogens (tertiary/aromatic N) is 2. The molecule has 0 aliphatic heterocycles. The summed E-state index contributed by atoms with van der Waals surface area (Å²) in [6.45, 7) is 4.72. The third-order valence-corrected chi connectivity index (χ3v) is 10.5. The zero-order valence-electron chi connectivity index (χ0n) is 25.2. The Labute approximate surface area is 266 Å². The predicted molar refractivity (Wildman–Crippen MR) is 192 cm³/mol. The lowest BCUT2D eigenvalue weighted by atomic mass is 9.81. The molecule has 45 heavy (non-hydrogen) atoms. The van der Waals surface area contributed by atoms with Gasteiger partial charge in [0, 0.05) is 28.0 Å². The summed E-state index contributed by atoms with van der Waals surface area (Å²) in [6.07, 6.45) is 0. The summed E-state index contributed by atoms with van der Waals surface area (Å²) >= 11 is 1.78. The van der Waals surface area contributed by atoms with Gasteiger partial charge in [-0.25, -0.2) is 4.98 Å². The van der Waals surface area contributed by atoms with Crippen LogP contribution in [0.3, 0.4) is 0 Å². The second-order valence-corrected chi connectivity index (χ2v) is 13.5. The summed E-state index contributed by atoms with van der Waals surface area (Å²) in [5.41, 5.74) is 11.0. The summed E-state index contributed by atoms with van der Waals surface area (Å²) in [5.74, 6) is 0. The summed E-state index contributed by atoms with van der Waals surface area (Å²) < 4.78 is 1.23. The van der Waals surface area contributed by atoms with Crippen LogP contribution in [-0.2, 0) is 5.41 Å². The number of para-hydroxylation sites is 2. The van der Waals surface area contributed by atoms with Gasteiger partial charge in [-0.3, -0.25) is 0 Å². The molecule has 9 rings (SSSR count). The largest absolute Gasteiger partial charge is 0.310 e. The molecule has 0 amide bonds. The zero-order valence-corrected chi connectivity index (χ0v) is 26.0. The molecule has 7 aromatic carbocycles. The van der Waals surface area contributed by atoms with Gasteiger partial charge in [0.05, 0.1) is 10.2 Å². The van der Waals surface area contributed by atoms with Gasteiger partial charge in [-0.1, -0.05) is 98.8 Å². The molecule has 0 spiro atoms. The molecule has 0 atom stereocenters. The normalized spacial score (nSPS) is 13.3. The maximum Gasteiger partial charge on any atom is 0.124 e. The number of benzene rings is 7. The van der Waals surface area contributed by atoms with Crippen LogP contribution in [0.2, 0.25) is 0 Å². The third-order valence-electron chi connectivity index (χ3n) is 9.43. The van der Waals surface area contributed by atoms with Crippen LogP contribution in [0.25, 0.3) is 53.5 Å². The fraction of sp³-hybridized carbons (Fsp3) is 0.0714. The minimum atomic E-state index is -0.113. The van der Waals surface area contributed by atoms with Crippen LogP contribution in [0, 0.1) is 0 Å². The molecule has 1 heterocycles. The second-order valence-electron chi connectivity index (χ2n) is 12.5. The molecule has 0 fully saturated rings. The van der Waals surface area contributed by atoms with E-state index in [4.69, 9.17) is 4.98 Å². The Morgan fingerprint density at radius 1 is 0.533 bits per heavy atom. The van der Waals surface area contributed by atoms with Crippen molar-refractivity contribution in [2.24, 2.45) is 0 Å². The van der Waals surface area contributed by atoms with Gasteiger partial charge >= 0.3 is 0 Å². The smallest absolute Gasteiger partial charge is 0.124 e. The first-order valence-electron chi connectivity index (χ1n) is 15.5. The highest BCUT2D eigenvalue weighted by Gasteiger charge is 2.36. The van der Waals surface area contributed by atoms with Gasteiger partial charge < -0.3 is 4.90 Å². The van der Waals surface area contributed by atoms with E-state index in [1.165, 1.54) is 54.1 Å². The van der Waals surface area contributed by atoms with Crippen LogP contribution in [0.1, 0.15) is 25.0 Å². The molecule has 0 N–H and O–H groups in total. The molecular weight excluding hydrogens is 565 g/mol. The molecule has 214 valence electrons. The average Bonchev–Trinajstić information content (AvgIpc) is 3.60. The number of rotatable bonds is 4. The third kappa shape index (κ3) is 4.12. The minimum Gasteiger partial charge on any atom is -0.310 e. The molecule has 0 saturated heterocycles. The van der Waals surface area contributed by atoms with Crippen LogP contribution in [0.15, 0.2) is 146 Å². The lowest BCUT2D eigenvalue weighted by Gasteiger charge is -2.26. The summed E-state index contributed by atoms with van der Waals surface area (Å²) in [6, 6.07) is 52.8. The van der Waals surface area contributed by atoms with Gasteiger partial charge in [-0.05, 0) is 104 Å². The van der Waals surface area contributed by atoms with E-state index < -0.39 is 0 Å². The number of aromatic nitrogens is 1. The first-order chi connectivity index (χ1) is 22.0. The molecule has 8 aromatic rings. The van der Waals surface area contributed by atoms with Gasteiger partial charge in [-0.2, -0.15) is 0 Å². The maximum atomic E-state index is 5.07. The van der Waals surface area contributed by atoms with Crippen molar-refractivity contribution in [3.63, 3.8) is 0 Å². The molecule has 1 aromatic heterocycles. The standard InChI is InChI=1S/C42H30N2S/c1-42(2)37-22-29-19-18-27-20-21-32(44(30-14-8-4-9-15-30)31-16-10-5-11-17-31)23-33(27)34(29)24-35(37)36-25-40-39(26-38(36)42)43-41(45-40)28-12-6-3-7-13-28/h3-26H,1-2H3. The van der Waals surface area contributed by atoms with E-state index in [0.29, 0.717) is 0 Å². The van der Waals surface area contributed by atoms with E-state index in [1.54, 1.807) is 11.3 Å². The van der Waals surface area contributed by atoms with Gasteiger partial charge in [-0.15, -0.1) is 11.3 Å². The fourth-order valence-corrected chi connectivity index (χ4v) is 8.13. The Morgan fingerprint density at radius 2 is 1.11 bits per heavy atom. The highest BCUT2D eigenvalue weighted by molar-refractivity contribution is 7.21. The Kier molecular flexibility index (Phi) is 5.75. The van der Waals surface area contributed by atoms with Crippen LogP contribution in [0.5, 0.6) is 0 Å². The molecule has 2 nitrogen and oxygen atoms in total. The quantitative estimate of drug-likeness (QED) is 0.188. The highest BCUT2D eigenvalue weighted by Crippen LogP contribution is 2.52. The molecule has 3 heteroatoms. The fourth-order valence-electron chi connectivity index (χ4n) is 7.13. The van der Waals surface area contributed by atoms with Gasteiger partial charge in [0.1, 0.15) is 5.01 Å². The van der Waals surface area contributed by atoms with Gasteiger partial charge in [0.2, 0.25) is 0 Å². The molecule has 0 unspecified atom stereocenters. The van der Waals surface area contributed by atoms with Crippen molar-refractivity contribution in [1.82, 2.24) is 4.98 Å². The Bertz CT molecular complexity index is 2350. The lowest BCUT2D eigenvalue weighted by Crippen LogP contribution is -2.14. The van der Waals surface area contributed by atoms with Crippen LogP contribution in [0.4, 0.5) is 17.1 Å². The van der Waals surface area contributed by atoms with E-state index in [1.807, 2.05) is 0 Å². The van der Waals surface area contributed by atoms with E-state index in [9.17, 15) is 0 Å². The van der Waals surface area contributed by atoms with Crippen molar-refractivity contribution in [2.45, 2.75) is 19.3 Å². The Balaban J connectivity index is 1.24. The van der Waals surface area contributed by atoms with Crippen molar-refractivity contribution in [2.75, 3.05) is 4.90 Å². The zero-order chi connectivity index (χ0) is 30.1. The molecular formula is C42H30N2S. The average molecular weight is 595 g/mol. The first-order valence-corrected chi connectivity index (χ1v) is 16.3. The monoisotopic (exact) mass is 594 g/mol. The van der Waals surface area contributed by atoms with Crippen LogP contribution >= 0.6 is 11.3 Å². The lowest BCUT2D eigenvalue weighted by molar-refractivity contribution is 0.662. The highest BCUT2D eigenvalue weighted by atomic mass is 32.1. The number of fused-ring (bicyclic) bond motifs is 7. The maximum absolute atomic E-state index is 5.07. The number of hydrogen-bond donors (Lipinski definition) is 0.